The highest BCUT2D eigenvalue weighted by Gasteiger charge is 2.31. The lowest BCUT2D eigenvalue weighted by Crippen LogP contribution is -2.25. The lowest BCUT2D eigenvalue weighted by atomic mass is 9.73. The van der Waals surface area contributed by atoms with E-state index >= 15 is 0 Å². The molecule has 0 aliphatic rings. The lowest BCUT2D eigenvalue weighted by Gasteiger charge is -2.31. The number of aliphatic hydroxyl groups is 3. The van der Waals surface area contributed by atoms with E-state index in [1.54, 1.807) is 72.8 Å². The molecule has 0 fully saturated rings. The first kappa shape index (κ1) is 55.6. The molecule has 12 nitrogen and oxygen atoms in total. The molecule has 10 N–H and O–H groups in total. The predicted molar refractivity (Wildman–Crippen MR) is 214 cm³/mol. The summed E-state index contributed by atoms with van der Waals surface area (Å²) in [5, 5.41) is 70.8. The smallest absolute Gasteiger partial charge is 0.305 e. The first-order valence-electron chi connectivity index (χ1n) is 15.7. The van der Waals surface area contributed by atoms with Crippen LogP contribution in [0.3, 0.4) is 0 Å². The van der Waals surface area contributed by atoms with Crippen LogP contribution < -0.4 is 0 Å². The van der Waals surface area contributed by atoms with E-state index in [-0.39, 0.29) is 103 Å². The van der Waals surface area contributed by atoms with Crippen molar-refractivity contribution in [2.75, 3.05) is 26.4 Å². The highest BCUT2D eigenvalue weighted by Crippen LogP contribution is 2.39. The average Bonchev–Trinajstić information content (AvgIpc) is 3.10. The minimum atomic E-state index is -0.848. The van der Waals surface area contributed by atoms with Crippen LogP contribution >= 0.6 is 0 Å². The van der Waals surface area contributed by atoms with Gasteiger partial charge in [0.05, 0.1) is 19.8 Å². The van der Waals surface area contributed by atoms with Crippen LogP contribution in [0.15, 0.2) is 97.1 Å². The van der Waals surface area contributed by atoms with Crippen molar-refractivity contribution < 1.29 is 60.7 Å². The molecule has 4 rings (SSSR count). The third-order valence-electron chi connectivity index (χ3n) is 8.14. The van der Waals surface area contributed by atoms with Gasteiger partial charge in [-0.3, -0.25) is 9.59 Å². The molecule has 0 aliphatic heterocycles. The summed E-state index contributed by atoms with van der Waals surface area (Å²) in [6.45, 7) is 3.52. The molecule has 12 heteroatoms. The molecule has 54 heavy (non-hydrogen) atoms. The van der Waals surface area contributed by atoms with E-state index in [0.29, 0.717) is 12.8 Å². The predicted octanol–water partition coefficient (Wildman–Crippen LogP) is 6.68. The number of phenols is 4. The molecule has 0 unspecified atom stereocenters. The number of esters is 1. The number of aliphatic hydroxyl groups excluding tert-OH is 3. The standard InChI is InChI=1S/C19H22O5.C17H18O4.C2H6O2.4CH4.H2O/c1-19(11-10-18(23)24-13-12-20,14-2-6-16(21)7-3-14)15-4-8-17(22)9-5-15;1-17(11-10-16(20)21,12-2-6-14(18)7-3-12)13-4-8-15(19)9-5-13;3-1-2-4;;;;;/h2-9,20-22H,10-13H2,1H3;2-9,18-19H,10-11H2,1H3,(H,20,21);3-4H,1-2H2;4*1H4;1H2. The van der Waals surface area contributed by atoms with Crippen molar-refractivity contribution in [3.8, 4) is 23.0 Å². The highest BCUT2D eigenvalue weighted by molar-refractivity contribution is 5.69. The maximum atomic E-state index is 11.8. The molecule has 0 spiro atoms. The molecule has 0 bridgehead atoms. The number of hydrogen-bond acceptors (Lipinski definition) is 10. The van der Waals surface area contributed by atoms with Gasteiger partial charge in [-0.1, -0.05) is 92.1 Å². The second kappa shape index (κ2) is 27.5. The van der Waals surface area contributed by atoms with E-state index in [2.05, 4.69) is 0 Å². The van der Waals surface area contributed by atoms with Gasteiger partial charge in [0, 0.05) is 23.7 Å². The van der Waals surface area contributed by atoms with Crippen LogP contribution in [0, 0.1) is 0 Å². The van der Waals surface area contributed by atoms with E-state index in [4.69, 9.17) is 25.2 Å². The van der Waals surface area contributed by atoms with E-state index in [9.17, 15) is 30.0 Å². The van der Waals surface area contributed by atoms with E-state index < -0.39 is 16.8 Å². The molecule has 304 valence electrons. The zero-order valence-corrected chi connectivity index (χ0v) is 28.2. The van der Waals surface area contributed by atoms with Gasteiger partial charge in [-0.25, -0.2) is 0 Å². The molecule has 0 saturated carbocycles. The van der Waals surface area contributed by atoms with Gasteiger partial charge in [0.2, 0.25) is 0 Å². The van der Waals surface area contributed by atoms with Crippen LogP contribution in [0.1, 0.15) is 91.5 Å². The molecule has 4 aromatic carbocycles. The van der Waals surface area contributed by atoms with Crippen molar-refractivity contribution in [3.63, 3.8) is 0 Å². The molecule has 4 aromatic rings. The second-order valence-electron chi connectivity index (χ2n) is 11.6. The van der Waals surface area contributed by atoms with Gasteiger partial charge < -0.3 is 51.1 Å². The summed E-state index contributed by atoms with van der Waals surface area (Å²) in [5.41, 5.74) is 2.75. The summed E-state index contributed by atoms with van der Waals surface area (Å²) in [6.07, 6.45) is 1.15. The number of ether oxygens (including phenoxy) is 1. The molecule has 0 aromatic heterocycles. The Bertz CT molecular complexity index is 1460. The van der Waals surface area contributed by atoms with Gasteiger partial charge in [0.15, 0.2) is 0 Å². The van der Waals surface area contributed by atoms with Crippen molar-refractivity contribution in [2.24, 2.45) is 0 Å². The van der Waals surface area contributed by atoms with Gasteiger partial charge in [-0.15, -0.1) is 0 Å². The molecule has 0 radical (unpaired) electrons. The monoisotopic (exact) mass is 760 g/mol. The zero-order chi connectivity index (χ0) is 36.5. The topological polar surface area (TPSA) is 237 Å². The summed E-state index contributed by atoms with van der Waals surface area (Å²) in [5.74, 6) is -0.523. The highest BCUT2D eigenvalue weighted by atomic mass is 16.5. The number of carbonyl (C=O) groups is 2. The molecule has 0 amide bonds. The fraction of sp³-hybridized carbons (Fsp3) is 0.381. The molecular formula is C42H64O12. The second-order valence-corrected chi connectivity index (χ2v) is 11.6. The average molecular weight is 761 g/mol. The largest absolute Gasteiger partial charge is 0.508 e. The maximum Gasteiger partial charge on any atom is 0.305 e. The Balaban J connectivity index is -0.000000390. The normalized spacial score (nSPS) is 9.94. The summed E-state index contributed by atoms with van der Waals surface area (Å²) in [4.78, 5) is 22.7. The fourth-order valence-electron chi connectivity index (χ4n) is 5.17. The van der Waals surface area contributed by atoms with Crippen LogP contribution in [-0.2, 0) is 25.2 Å². The minimum Gasteiger partial charge on any atom is -0.508 e. The first-order chi connectivity index (χ1) is 23.3. The van der Waals surface area contributed by atoms with Crippen LogP contribution in [0.25, 0.3) is 0 Å². The van der Waals surface area contributed by atoms with Crippen LogP contribution in [-0.4, -0.2) is 84.7 Å². The number of phenolic OH excluding ortho intramolecular Hbond substituents is 4. The maximum absolute atomic E-state index is 11.8. The van der Waals surface area contributed by atoms with Gasteiger partial charge in [0.1, 0.15) is 29.6 Å². The van der Waals surface area contributed by atoms with Crippen molar-refractivity contribution in [3.05, 3.63) is 119 Å². The molecule has 0 aliphatic carbocycles. The summed E-state index contributed by atoms with van der Waals surface area (Å²) >= 11 is 0. The van der Waals surface area contributed by atoms with Gasteiger partial charge >= 0.3 is 11.9 Å². The Morgan fingerprint density at radius 3 is 0.981 bits per heavy atom. The van der Waals surface area contributed by atoms with E-state index in [1.807, 2.05) is 38.1 Å². The molecule has 0 atom stereocenters. The van der Waals surface area contributed by atoms with Crippen LogP contribution in [0.5, 0.6) is 23.0 Å². The number of aromatic hydroxyl groups is 4. The zero-order valence-electron chi connectivity index (χ0n) is 28.2. The molecule has 0 heterocycles. The Hall–Kier alpha value is -5.14. The van der Waals surface area contributed by atoms with Crippen molar-refractivity contribution in [1.29, 1.82) is 0 Å². The summed E-state index contributed by atoms with van der Waals surface area (Å²) < 4.78 is 4.93. The number of rotatable bonds is 13. The van der Waals surface area contributed by atoms with Crippen molar-refractivity contribution in [2.45, 2.75) is 80.1 Å². The van der Waals surface area contributed by atoms with Crippen molar-refractivity contribution >= 4 is 11.9 Å². The third kappa shape index (κ3) is 17.1. The van der Waals surface area contributed by atoms with E-state index in [1.165, 1.54) is 0 Å². The quantitative estimate of drug-likeness (QED) is 0.0669. The number of carboxylic acid groups (broad SMARTS) is 1. The van der Waals surface area contributed by atoms with Gasteiger partial charge in [0.25, 0.3) is 0 Å². The molecule has 0 saturated heterocycles. The summed E-state index contributed by atoms with van der Waals surface area (Å²) in [7, 11) is 0. The number of benzene rings is 4. The van der Waals surface area contributed by atoms with Crippen LogP contribution in [0.4, 0.5) is 0 Å². The fourth-order valence-corrected chi connectivity index (χ4v) is 5.17. The lowest BCUT2D eigenvalue weighted by molar-refractivity contribution is -0.145. The molecular weight excluding hydrogens is 696 g/mol. The Labute approximate surface area is 320 Å². The number of carboxylic acids is 1. The summed E-state index contributed by atoms with van der Waals surface area (Å²) in [6, 6.07) is 27.3. The Morgan fingerprint density at radius 1 is 0.500 bits per heavy atom. The number of aliphatic carboxylic acids is 1. The van der Waals surface area contributed by atoms with Gasteiger partial charge in [-0.2, -0.15) is 0 Å². The van der Waals surface area contributed by atoms with E-state index in [0.717, 1.165) is 22.3 Å². The van der Waals surface area contributed by atoms with Gasteiger partial charge in [-0.05, 0) is 83.6 Å². The Kier molecular flexibility index (Phi) is 28.3. The number of hydrogen-bond donors (Lipinski definition) is 8. The van der Waals surface area contributed by atoms with Crippen molar-refractivity contribution in [1.82, 2.24) is 0 Å². The number of carbonyl (C=O) groups excluding carboxylic acids is 1. The SMILES string of the molecule is C.C.C.C.CC(CCC(=O)O)(c1ccc(O)cc1)c1ccc(O)cc1.CC(CCC(=O)OCCO)(c1ccc(O)cc1)c1ccc(O)cc1.O.OCCO. The first-order valence-corrected chi connectivity index (χ1v) is 15.7. The third-order valence-corrected chi connectivity index (χ3v) is 8.14. The Morgan fingerprint density at radius 2 is 0.759 bits per heavy atom. The van der Waals surface area contributed by atoms with Crippen LogP contribution in [0.2, 0.25) is 0 Å². The minimum absolute atomic E-state index is 0.